The molecule has 4 nitrogen and oxygen atoms in total. The maximum atomic E-state index is 12.6. The van der Waals surface area contributed by atoms with Crippen molar-refractivity contribution in [3.05, 3.63) is 0 Å². The average Bonchev–Trinajstić information content (AvgIpc) is 3.00. The fourth-order valence-corrected chi connectivity index (χ4v) is 3.08. The molecule has 0 spiro atoms. The molecule has 0 radical (unpaired) electrons. The van der Waals surface area contributed by atoms with Crippen LogP contribution in [0.15, 0.2) is 0 Å². The molecular formula is C13H25N3O. The first-order valence-electron chi connectivity index (χ1n) is 6.65. The Morgan fingerprint density at radius 2 is 2.06 bits per heavy atom. The Hall–Kier alpha value is -0.610. The number of carbonyl (C=O) groups is 1. The summed E-state index contributed by atoms with van der Waals surface area (Å²) in [6, 6.07) is 0.583. The lowest BCUT2D eigenvalue weighted by Gasteiger charge is -2.50. The van der Waals surface area contributed by atoms with Crippen molar-refractivity contribution < 1.29 is 4.79 Å². The van der Waals surface area contributed by atoms with E-state index in [-0.39, 0.29) is 11.6 Å². The summed E-state index contributed by atoms with van der Waals surface area (Å²) < 4.78 is 0. The zero-order valence-corrected chi connectivity index (χ0v) is 11.5. The smallest absolute Gasteiger partial charge is 0.240 e. The molecule has 2 aliphatic rings. The van der Waals surface area contributed by atoms with Crippen molar-refractivity contribution in [3.63, 3.8) is 0 Å². The van der Waals surface area contributed by atoms with Crippen LogP contribution in [-0.4, -0.2) is 60.5 Å². The van der Waals surface area contributed by atoms with Crippen LogP contribution in [0.2, 0.25) is 0 Å². The summed E-state index contributed by atoms with van der Waals surface area (Å²) in [6.45, 7) is 6.26. The fraction of sp³-hybridized carbons (Fsp3) is 0.923. The molecule has 17 heavy (non-hydrogen) atoms. The number of likely N-dealkylation sites (N-methyl/N-ethyl adjacent to an activating group) is 1. The van der Waals surface area contributed by atoms with Gasteiger partial charge in [-0.25, -0.2) is 0 Å². The number of hydrogen-bond acceptors (Lipinski definition) is 3. The van der Waals surface area contributed by atoms with E-state index in [1.165, 1.54) is 12.8 Å². The Morgan fingerprint density at radius 1 is 1.41 bits per heavy atom. The minimum absolute atomic E-state index is 0.0108. The second kappa shape index (κ2) is 4.58. The van der Waals surface area contributed by atoms with E-state index in [1.807, 2.05) is 7.05 Å². The molecule has 4 heteroatoms. The van der Waals surface area contributed by atoms with Gasteiger partial charge in [0, 0.05) is 12.6 Å². The predicted octanol–water partition coefficient (Wildman–Crippen LogP) is 0.680. The Labute approximate surface area is 104 Å². The van der Waals surface area contributed by atoms with Gasteiger partial charge in [0.05, 0.1) is 11.6 Å². The second-order valence-corrected chi connectivity index (χ2v) is 6.07. The molecule has 1 atom stereocenters. The van der Waals surface area contributed by atoms with E-state index < -0.39 is 0 Å². The molecule has 2 rings (SSSR count). The Morgan fingerprint density at radius 3 is 2.59 bits per heavy atom. The molecule has 0 aromatic rings. The van der Waals surface area contributed by atoms with Crippen LogP contribution in [0.5, 0.6) is 0 Å². The van der Waals surface area contributed by atoms with Crippen LogP contribution in [-0.2, 0) is 4.79 Å². The lowest BCUT2D eigenvalue weighted by Crippen LogP contribution is -2.66. The summed E-state index contributed by atoms with van der Waals surface area (Å²) in [5.74, 6) is 0.335. The summed E-state index contributed by atoms with van der Waals surface area (Å²) in [5.41, 5.74) is -0.0108. The highest BCUT2D eigenvalue weighted by atomic mass is 16.2. The van der Waals surface area contributed by atoms with Gasteiger partial charge in [-0.2, -0.15) is 0 Å². The third-order valence-corrected chi connectivity index (χ3v) is 3.92. The summed E-state index contributed by atoms with van der Waals surface area (Å²) >= 11 is 0. The Bertz CT molecular complexity index is 299. The van der Waals surface area contributed by atoms with Gasteiger partial charge in [0.15, 0.2) is 0 Å². The van der Waals surface area contributed by atoms with E-state index in [0.717, 1.165) is 19.5 Å². The van der Waals surface area contributed by atoms with E-state index in [9.17, 15) is 4.79 Å². The summed E-state index contributed by atoms with van der Waals surface area (Å²) in [6.07, 6.45) is 3.29. The zero-order chi connectivity index (χ0) is 12.6. The number of hydrogen-bond donors (Lipinski definition) is 1. The fourth-order valence-electron chi connectivity index (χ4n) is 3.08. The van der Waals surface area contributed by atoms with Crippen molar-refractivity contribution in [2.75, 3.05) is 27.2 Å². The van der Waals surface area contributed by atoms with Crippen LogP contribution in [0.3, 0.4) is 0 Å². The van der Waals surface area contributed by atoms with Crippen LogP contribution in [0.25, 0.3) is 0 Å². The monoisotopic (exact) mass is 239 g/mol. The molecule has 1 heterocycles. The molecule has 1 aliphatic heterocycles. The number of nitrogens with zero attached hydrogens (tertiary/aromatic N) is 2. The van der Waals surface area contributed by atoms with Gasteiger partial charge in [-0.3, -0.25) is 9.69 Å². The number of nitrogens with one attached hydrogen (secondary N) is 1. The first kappa shape index (κ1) is 12.8. The Balaban J connectivity index is 2.12. The third kappa shape index (κ3) is 2.47. The lowest BCUT2D eigenvalue weighted by molar-refractivity contribution is -0.151. The maximum Gasteiger partial charge on any atom is 0.240 e. The largest absolute Gasteiger partial charge is 0.332 e. The summed E-state index contributed by atoms with van der Waals surface area (Å²) in [7, 11) is 4.01. The van der Waals surface area contributed by atoms with Crippen LogP contribution in [0, 0.1) is 0 Å². The quantitative estimate of drug-likeness (QED) is 0.783. The van der Waals surface area contributed by atoms with Crippen LogP contribution >= 0.6 is 0 Å². The van der Waals surface area contributed by atoms with Crippen molar-refractivity contribution in [2.24, 2.45) is 0 Å². The van der Waals surface area contributed by atoms with Gasteiger partial charge >= 0.3 is 0 Å². The molecule has 0 aromatic heterocycles. The van der Waals surface area contributed by atoms with Gasteiger partial charge in [-0.15, -0.1) is 0 Å². The minimum atomic E-state index is -0.0108. The molecule has 1 amide bonds. The van der Waals surface area contributed by atoms with Crippen LogP contribution < -0.4 is 5.32 Å². The summed E-state index contributed by atoms with van der Waals surface area (Å²) in [5, 5.41) is 3.14. The van der Waals surface area contributed by atoms with Gasteiger partial charge in [-0.05, 0) is 53.8 Å². The highest BCUT2D eigenvalue weighted by Crippen LogP contribution is 2.37. The van der Waals surface area contributed by atoms with Gasteiger partial charge in [-0.1, -0.05) is 0 Å². The molecular weight excluding hydrogens is 214 g/mol. The van der Waals surface area contributed by atoms with Crippen molar-refractivity contribution in [1.29, 1.82) is 0 Å². The van der Waals surface area contributed by atoms with Crippen molar-refractivity contribution in [1.82, 2.24) is 15.1 Å². The highest BCUT2D eigenvalue weighted by molar-refractivity contribution is 5.84. The Kier molecular flexibility index (Phi) is 3.46. The van der Waals surface area contributed by atoms with Crippen LogP contribution in [0.1, 0.15) is 33.1 Å². The van der Waals surface area contributed by atoms with E-state index in [1.54, 1.807) is 0 Å². The molecule has 1 aliphatic carbocycles. The molecule has 2 fully saturated rings. The predicted molar refractivity (Wildman–Crippen MR) is 68.9 cm³/mol. The SMILES string of the molecule is CNCCC1C(=O)N(C2CC2)C(C)(C)CN1C. The minimum Gasteiger partial charge on any atom is -0.332 e. The number of carbonyl (C=O) groups excluding carboxylic acids is 1. The standard InChI is InChI=1S/C13H25N3O/c1-13(2)9-15(4)11(7-8-14-3)12(17)16(13)10-5-6-10/h10-11,14H,5-9H2,1-4H3. The molecule has 0 bridgehead atoms. The molecule has 0 aromatic carbocycles. The first-order valence-corrected chi connectivity index (χ1v) is 6.65. The van der Waals surface area contributed by atoms with Gasteiger partial charge < -0.3 is 10.2 Å². The van der Waals surface area contributed by atoms with E-state index in [2.05, 4.69) is 36.0 Å². The van der Waals surface area contributed by atoms with E-state index in [0.29, 0.717) is 11.9 Å². The molecule has 1 saturated heterocycles. The van der Waals surface area contributed by atoms with Gasteiger partial charge in [0.25, 0.3) is 0 Å². The normalized spacial score (nSPS) is 29.8. The molecule has 1 saturated carbocycles. The second-order valence-electron chi connectivity index (χ2n) is 6.07. The van der Waals surface area contributed by atoms with Crippen molar-refractivity contribution >= 4 is 5.91 Å². The van der Waals surface area contributed by atoms with E-state index in [4.69, 9.17) is 0 Å². The number of amides is 1. The first-order chi connectivity index (χ1) is 7.97. The molecule has 1 N–H and O–H groups in total. The molecule has 98 valence electrons. The third-order valence-electron chi connectivity index (χ3n) is 3.92. The average molecular weight is 239 g/mol. The lowest BCUT2D eigenvalue weighted by atomic mass is 9.93. The number of piperazine rings is 1. The van der Waals surface area contributed by atoms with Crippen molar-refractivity contribution in [3.8, 4) is 0 Å². The van der Waals surface area contributed by atoms with Gasteiger partial charge in [0.1, 0.15) is 0 Å². The molecule has 1 unspecified atom stereocenters. The summed E-state index contributed by atoms with van der Waals surface area (Å²) in [4.78, 5) is 17.0. The number of rotatable bonds is 4. The zero-order valence-electron chi connectivity index (χ0n) is 11.5. The van der Waals surface area contributed by atoms with Crippen molar-refractivity contribution in [2.45, 2.75) is 50.7 Å². The van der Waals surface area contributed by atoms with Gasteiger partial charge in [0.2, 0.25) is 5.91 Å². The maximum absolute atomic E-state index is 12.6. The van der Waals surface area contributed by atoms with Crippen LogP contribution in [0.4, 0.5) is 0 Å². The van der Waals surface area contributed by atoms with E-state index >= 15 is 0 Å². The highest BCUT2D eigenvalue weighted by Gasteiger charge is 2.48. The topological polar surface area (TPSA) is 35.6 Å².